The van der Waals surface area contributed by atoms with E-state index in [9.17, 15) is 14.7 Å². The van der Waals surface area contributed by atoms with Crippen molar-refractivity contribution in [2.45, 2.75) is 45.3 Å². The largest absolute Gasteiger partial charge is 0.479 e. The van der Waals surface area contributed by atoms with Crippen molar-refractivity contribution < 1.29 is 24.2 Å². The van der Waals surface area contributed by atoms with E-state index in [1.54, 1.807) is 26.0 Å². The Bertz CT molecular complexity index is 920. The normalized spacial score (nSPS) is 17.6. The van der Waals surface area contributed by atoms with Crippen LogP contribution in [0.25, 0.3) is 0 Å². The number of aliphatic carboxylic acids is 1. The average Bonchev–Trinajstić information content (AvgIpc) is 3.56. The molecule has 1 fully saturated rings. The number of aromatic nitrogens is 1. The third kappa shape index (κ3) is 5.48. The predicted molar refractivity (Wildman–Crippen MR) is 125 cm³/mol. The van der Waals surface area contributed by atoms with Gasteiger partial charge in [-0.05, 0) is 64.7 Å². The molecule has 1 aliphatic rings. The first kappa shape index (κ1) is 24.2. The number of benzene rings is 1. The zero-order valence-electron chi connectivity index (χ0n) is 18.4. The second kappa shape index (κ2) is 10.9. The summed E-state index contributed by atoms with van der Waals surface area (Å²) in [7, 11) is 0. The molecular formula is C24H29BrN2O5. The fraction of sp³-hybridized carbons (Fsp3) is 0.458. The fourth-order valence-electron chi connectivity index (χ4n) is 3.83. The Balaban J connectivity index is 1.58. The van der Waals surface area contributed by atoms with E-state index in [4.69, 9.17) is 9.47 Å². The molecule has 2 aromatic rings. The van der Waals surface area contributed by atoms with E-state index in [0.717, 1.165) is 12.0 Å². The minimum Gasteiger partial charge on any atom is -0.479 e. The van der Waals surface area contributed by atoms with Crippen molar-refractivity contribution in [3.05, 3.63) is 52.5 Å². The van der Waals surface area contributed by atoms with Gasteiger partial charge in [0.15, 0.2) is 0 Å². The highest BCUT2D eigenvalue weighted by atomic mass is 79.9. The van der Waals surface area contributed by atoms with Gasteiger partial charge in [-0.1, -0.05) is 44.2 Å². The molecule has 0 spiro atoms. The van der Waals surface area contributed by atoms with Gasteiger partial charge in [0.05, 0.1) is 24.3 Å². The monoisotopic (exact) mass is 504 g/mol. The Morgan fingerprint density at radius 1 is 1.19 bits per heavy atom. The molecule has 32 heavy (non-hydrogen) atoms. The lowest BCUT2D eigenvalue weighted by molar-refractivity contribution is -0.144. The second-order valence-electron chi connectivity index (χ2n) is 8.04. The SMILES string of the molecule is CCC(CC)(C(=O)O)N(C=O)c1ccc(Br)c(OCC2CC2COCc2ccccc2)n1. The predicted octanol–water partition coefficient (Wildman–Crippen LogP) is 4.68. The molecule has 2 unspecified atom stereocenters. The molecule has 172 valence electrons. The van der Waals surface area contributed by atoms with Crippen LogP contribution in [0.1, 0.15) is 38.7 Å². The number of hydrogen-bond donors (Lipinski definition) is 1. The summed E-state index contributed by atoms with van der Waals surface area (Å²) >= 11 is 3.43. The Hall–Kier alpha value is -2.45. The third-order valence-electron chi connectivity index (χ3n) is 6.13. The smallest absolute Gasteiger partial charge is 0.330 e. The summed E-state index contributed by atoms with van der Waals surface area (Å²) in [5.74, 6) is 0.374. The molecule has 1 N–H and O–H groups in total. The highest BCUT2D eigenvalue weighted by Crippen LogP contribution is 2.40. The van der Waals surface area contributed by atoms with Crippen molar-refractivity contribution in [1.82, 2.24) is 4.98 Å². The maximum Gasteiger partial charge on any atom is 0.330 e. The van der Waals surface area contributed by atoms with Gasteiger partial charge in [0.2, 0.25) is 12.3 Å². The van der Waals surface area contributed by atoms with E-state index in [-0.39, 0.29) is 18.7 Å². The molecular weight excluding hydrogens is 476 g/mol. The number of carboxylic acid groups (broad SMARTS) is 1. The standard InChI is InChI=1S/C24H29BrN2O5/c1-3-24(4-2,23(29)30)27(16-28)21-11-10-20(25)22(26-21)32-15-19-12-18(19)14-31-13-17-8-6-5-7-9-17/h5-11,16,18-19H,3-4,12-15H2,1-2H3,(H,29,30). The number of nitrogens with zero attached hydrogens (tertiary/aromatic N) is 2. The number of carbonyl (C=O) groups is 2. The van der Waals surface area contributed by atoms with Gasteiger partial charge in [0, 0.05) is 0 Å². The van der Waals surface area contributed by atoms with E-state index in [2.05, 4.69) is 20.9 Å². The van der Waals surface area contributed by atoms with Crippen LogP contribution in [0.15, 0.2) is 46.9 Å². The highest BCUT2D eigenvalue weighted by molar-refractivity contribution is 9.10. The van der Waals surface area contributed by atoms with E-state index >= 15 is 0 Å². The van der Waals surface area contributed by atoms with Crippen molar-refractivity contribution in [2.75, 3.05) is 18.1 Å². The molecule has 0 aliphatic heterocycles. The number of hydrogen-bond acceptors (Lipinski definition) is 5. The van der Waals surface area contributed by atoms with Gasteiger partial charge in [-0.15, -0.1) is 0 Å². The first-order valence-electron chi connectivity index (χ1n) is 10.8. The summed E-state index contributed by atoms with van der Waals surface area (Å²) in [5, 5.41) is 9.79. The molecule has 3 rings (SSSR count). The summed E-state index contributed by atoms with van der Waals surface area (Å²) in [4.78, 5) is 29.4. The maximum absolute atomic E-state index is 12.0. The van der Waals surface area contributed by atoms with Crippen molar-refractivity contribution in [2.24, 2.45) is 11.8 Å². The van der Waals surface area contributed by atoms with Gasteiger partial charge >= 0.3 is 5.97 Å². The van der Waals surface area contributed by atoms with Crippen LogP contribution in [0.4, 0.5) is 5.82 Å². The lowest BCUT2D eigenvalue weighted by Gasteiger charge is -2.36. The van der Waals surface area contributed by atoms with Crippen molar-refractivity contribution >= 4 is 34.1 Å². The molecule has 1 heterocycles. The van der Waals surface area contributed by atoms with Gasteiger partial charge in [-0.3, -0.25) is 9.69 Å². The lowest BCUT2D eigenvalue weighted by atomic mass is 9.91. The lowest BCUT2D eigenvalue weighted by Crippen LogP contribution is -2.54. The van der Waals surface area contributed by atoms with Crippen LogP contribution >= 0.6 is 15.9 Å². The quantitative estimate of drug-likeness (QED) is 0.398. The number of ether oxygens (including phenoxy) is 2. The third-order valence-corrected chi connectivity index (χ3v) is 6.73. The van der Waals surface area contributed by atoms with Crippen LogP contribution < -0.4 is 9.64 Å². The first-order chi connectivity index (χ1) is 15.4. The molecule has 7 nitrogen and oxygen atoms in total. The van der Waals surface area contributed by atoms with E-state index in [1.807, 2.05) is 30.3 Å². The molecule has 2 atom stereocenters. The van der Waals surface area contributed by atoms with Gasteiger partial charge in [0.25, 0.3) is 0 Å². The van der Waals surface area contributed by atoms with Crippen LogP contribution in [0, 0.1) is 11.8 Å². The topological polar surface area (TPSA) is 89.0 Å². The zero-order chi connectivity index (χ0) is 23.1. The first-order valence-corrected chi connectivity index (χ1v) is 11.6. The Morgan fingerprint density at radius 2 is 1.88 bits per heavy atom. The van der Waals surface area contributed by atoms with Gasteiger partial charge < -0.3 is 14.6 Å². The van der Waals surface area contributed by atoms with Crippen LogP contribution in [0.5, 0.6) is 5.88 Å². The summed E-state index contributed by atoms with van der Waals surface area (Å²) < 4.78 is 12.4. The second-order valence-corrected chi connectivity index (χ2v) is 8.90. The molecule has 1 aromatic heterocycles. The summed E-state index contributed by atoms with van der Waals surface area (Å²) in [5.41, 5.74) is -0.195. The van der Waals surface area contributed by atoms with Gasteiger partial charge in [-0.2, -0.15) is 4.98 Å². The zero-order valence-corrected chi connectivity index (χ0v) is 20.0. The van der Waals surface area contributed by atoms with Crippen LogP contribution in [0.3, 0.4) is 0 Å². The van der Waals surface area contributed by atoms with Crippen molar-refractivity contribution in [3.8, 4) is 5.88 Å². The number of carbonyl (C=O) groups excluding carboxylic acids is 1. The van der Waals surface area contributed by atoms with Crippen LogP contribution in [-0.4, -0.2) is 41.2 Å². The molecule has 1 amide bonds. The minimum atomic E-state index is -1.35. The van der Waals surface area contributed by atoms with Crippen molar-refractivity contribution in [1.29, 1.82) is 0 Å². The molecule has 0 bridgehead atoms. The molecule has 8 heteroatoms. The van der Waals surface area contributed by atoms with Crippen molar-refractivity contribution in [3.63, 3.8) is 0 Å². The Morgan fingerprint density at radius 3 is 2.50 bits per heavy atom. The summed E-state index contributed by atoms with van der Waals surface area (Å²) in [6.07, 6.45) is 2.08. The number of anilines is 1. The molecule has 0 radical (unpaired) electrons. The minimum absolute atomic E-state index is 0.253. The number of pyridine rings is 1. The Labute approximate surface area is 196 Å². The summed E-state index contributed by atoms with van der Waals surface area (Å²) in [6.45, 7) is 5.27. The van der Waals surface area contributed by atoms with E-state index in [1.165, 1.54) is 4.90 Å². The van der Waals surface area contributed by atoms with Gasteiger partial charge in [0.1, 0.15) is 11.4 Å². The maximum atomic E-state index is 12.0. The number of carboxylic acids is 1. The molecule has 1 aromatic carbocycles. The van der Waals surface area contributed by atoms with E-state index < -0.39 is 11.5 Å². The summed E-state index contributed by atoms with van der Waals surface area (Å²) in [6, 6.07) is 13.4. The van der Waals surface area contributed by atoms with Gasteiger partial charge in [-0.25, -0.2) is 4.79 Å². The fourth-order valence-corrected chi connectivity index (χ4v) is 4.16. The average molecular weight is 505 g/mol. The number of amides is 1. The Kier molecular flexibility index (Phi) is 8.26. The van der Waals surface area contributed by atoms with E-state index in [0.29, 0.717) is 48.4 Å². The van der Waals surface area contributed by atoms with Crippen LogP contribution in [-0.2, 0) is 20.9 Å². The number of halogens is 1. The molecule has 1 saturated carbocycles. The van der Waals surface area contributed by atoms with Crippen LogP contribution in [0.2, 0.25) is 0 Å². The molecule has 1 aliphatic carbocycles. The number of rotatable bonds is 13. The molecule has 0 saturated heterocycles. The highest BCUT2D eigenvalue weighted by Gasteiger charge is 2.42.